The number of ether oxygens (including phenoxy) is 1. The molecule has 2 aromatic rings. The third-order valence-electron chi connectivity index (χ3n) is 3.64. The minimum atomic E-state index is 0.598. The van der Waals surface area contributed by atoms with Gasteiger partial charge in [-0.15, -0.1) is 0 Å². The summed E-state index contributed by atoms with van der Waals surface area (Å²) >= 11 is 0. The summed E-state index contributed by atoms with van der Waals surface area (Å²) in [6.45, 7) is 3.93. The first-order valence-corrected chi connectivity index (χ1v) is 7.66. The van der Waals surface area contributed by atoms with Gasteiger partial charge in [-0.2, -0.15) is 0 Å². The first-order chi connectivity index (χ1) is 10.3. The van der Waals surface area contributed by atoms with Crippen LogP contribution < -0.4 is 10.1 Å². The molecule has 0 spiro atoms. The molecule has 1 N–H and O–H groups in total. The summed E-state index contributed by atoms with van der Waals surface area (Å²) in [6.07, 6.45) is 2.16. The van der Waals surface area contributed by atoms with Crippen LogP contribution in [0.15, 0.2) is 54.6 Å². The van der Waals surface area contributed by atoms with E-state index in [1.807, 2.05) is 37.4 Å². The van der Waals surface area contributed by atoms with E-state index in [0.717, 1.165) is 31.7 Å². The van der Waals surface area contributed by atoms with Gasteiger partial charge in [0.15, 0.2) is 0 Å². The smallest absolute Gasteiger partial charge is 0.119 e. The molecule has 2 heteroatoms. The monoisotopic (exact) mass is 283 g/mol. The Hall–Kier alpha value is -1.80. The molecule has 0 saturated heterocycles. The van der Waals surface area contributed by atoms with Crippen molar-refractivity contribution in [3.8, 4) is 5.75 Å². The van der Waals surface area contributed by atoms with Gasteiger partial charge in [-0.3, -0.25) is 0 Å². The van der Waals surface area contributed by atoms with Crippen molar-refractivity contribution in [2.75, 3.05) is 20.2 Å². The zero-order chi connectivity index (χ0) is 14.9. The van der Waals surface area contributed by atoms with E-state index in [0.29, 0.717) is 5.92 Å². The summed E-state index contributed by atoms with van der Waals surface area (Å²) in [6, 6.07) is 18.8. The van der Waals surface area contributed by atoms with Gasteiger partial charge in [0.05, 0.1) is 6.61 Å². The lowest BCUT2D eigenvalue weighted by molar-refractivity contribution is 0.275. The number of aryl methyl sites for hydroxylation is 1. The van der Waals surface area contributed by atoms with Gasteiger partial charge in [0.2, 0.25) is 0 Å². The normalized spacial score (nSPS) is 12.1. The fourth-order valence-corrected chi connectivity index (χ4v) is 2.60. The van der Waals surface area contributed by atoms with Gasteiger partial charge in [0.25, 0.3) is 0 Å². The zero-order valence-electron chi connectivity index (χ0n) is 13.0. The van der Waals surface area contributed by atoms with Crippen molar-refractivity contribution in [1.82, 2.24) is 5.32 Å². The van der Waals surface area contributed by atoms with Crippen LogP contribution in [0.25, 0.3) is 0 Å². The van der Waals surface area contributed by atoms with Crippen molar-refractivity contribution in [2.45, 2.75) is 19.8 Å². The van der Waals surface area contributed by atoms with Crippen molar-refractivity contribution in [3.05, 3.63) is 65.7 Å². The van der Waals surface area contributed by atoms with Crippen LogP contribution in [0.4, 0.5) is 0 Å². The molecule has 0 aliphatic rings. The lowest BCUT2D eigenvalue weighted by Crippen LogP contribution is -2.22. The molecular formula is C19H25NO. The second-order valence-electron chi connectivity index (χ2n) is 5.57. The molecular weight excluding hydrogens is 258 g/mol. The predicted molar refractivity (Wildman–Crippen MR) is 88.9 cm³/mol. The highest BCUT2D eigenvalue weighted by molar-refractivity contribution is 5.23. The maximum absolute atomic E-state index is 5.82. The molecule has 1 atom stereocenters. The Bertz CT molecular complexity index is 524. The number of nitrogens with one attached hydrogen (secondary N) is 1. The standard InChI is InChI=1S/C19H25NO/c1-16-7-6-8-17(13-16)14-18(15-20-2)11-12-21-19-9-4-3-5-10-19/h3-10,13,18,20H,11-12,14-15H2,1-2H3. The van der Waals surface area contributed by atoms with E-state index < -0.39 is 0 Å². The molecule has 2 rings (SSSR count). The molecule has 0 amide bonds. The quantitative estimate of drug-likeness (QED) is 0.794. The fraction of sp³-hybridized carbons (Fsp3) is 0.368. The van der Waals surface area contributed by atoms with Crippen LogP contribution in [-0.4, -0.2) is 20.2 Å². The number of hydrogen-bond acceptors (Lipinski definition) is 2. The van der Waals surface area contributed by atoms with Crippen LogP contribution in [0.2, 0.25) is 0 Å². The van der Waals surface area contributed by atoms with E-state index in [4.69, 9.17) is 4.74 Å². The van der Waals surface area contributed by atoms with Gasteiger partial charge < -0.3 is 10.1 Å². The summed E-state index contributed by atoms with van der Waals surface area (Å²) in [7, 11) is 2.02. The SMILES string of the molecule is CNCC(CCOc1ccccc1)Cc1cccc(C)c1. The third-order valence-corrected chi connectivity index (χ3v) is 3.64. The molecule has 2 nitrogen and oxygen atoms in total. The van der Waals surface area contributed by atoms with E-state index in [1.165, 1.54) is 11.1 Å². The van der Waals surface area contributed by atoms with E-state index in [2.05, 4.69) is 36.5 Å². The van der Waals surface area contributed by atoms with Crippen molar-refractivity contribution < 1.29 is 4.74 Å². The summed E-state index contributed by atoms with van der Waals surface area (Å²) in [5, 5.41) is 3.30. The van der Waals surface area contributed by atoms with Crippen LogP contribution in [0.5, 0.6) is 5.75 Å². The molecule has 112 valence electrons. The average Bonchev–Trinajstić information content (AvgIpc) is 2.48. The van der Waals surface area contributed by atoms with E-state index in [1.54, 1.807) is 0 Å². The van der Waals surface area contributed by atoms with Crippen molar-refractivity contribution in [2.24, 2.45) is 5.92 Å². The van der Waals surface area contributed by atoms with Crippen LogP contribution in [0.3, 0.4) is 0 Å². The number of benzene rings is 2. The molecule has 21 heavy (non-hydrogen) atoms. The summed E-state index contributed by atoms with van der Waals surface area (Å²) in [5.41, 5.74) is 2.74. The van der Waals surface area contributed by atoms with Gasteiger partial charge in [-0.25, -0.2) is 0 Å². The highest BCUT2D eigenvalue weighted by Crippen LogP contribution is 2.15. The van der Waals surface area contributed by atoms with E-state index in [9.17, 15) is 0 Å². The molecule has 0 heterocycles. The highest BCUT2D eigenvalue weighted by atomic mass is 16.5. The maximum atomic E-state index is 5.82. The van der Waals surface area contributed by atoms with E-state index in [-0.39, 0.29) is 0 Å². The lowest BCUT2D eigenvalue weighted by atomic mass is 9.95. The molecule has 1 unspecified atom stereocenters. The predicted octanol–water partition coefficient (Wildman–Crippen LogP) is 3.84. The van der Waals surface area contributed by atoms with Gasteiger partial charge >= 0.3 is 0 Å². The topological polar surface area (TPSA) is 21.3 Å². The summed E-state index contributed by atoms with van der Waals surface area (Å²) in [5.74, 6) is 1.55. The Morgan fingerprint density at radius 1 is 1.05 bits per heavy atom. The minimum absolute atomic E-state index is 0.598. The molecule has 0 fully saturated rings. The Labute approximate surface area is 128 Å². The Balaban J connectivity index is 1.84. The van der Waals surface area contributed by atoms with Gasteiger partial charge in [-0.05, 0) is 57.0 Å². The molecule has 0 aliphatic heterocycles. The molecule has 0 aromatic heterocycles. The lowest BCUT2D eigenvalue weighted by Gasteiger charge is -2.17. The van der Waals surface area contributed by atoms with Crippen LogP contribution in [-0.2, 0) is 6.42 Å². The van der Waals surface area contributed by atoms with Gasteiger partial charge in [0, 0.05) is 0 Å². The molecule has 2 aromatic carbocycles. The Kier molecular flexibility index (Phi) is 6.29. The number of para-hydroxylation sites is 1. The largest absolute Gasteiger partial charge is 0.494 e. The van der Waals surface area contributed by atoms with Gasteiger partial charge in [-0.1, -0.05) is 48.0 Å². The average molecular weight is 283 g/mol. The van der Waals surface area contributed by atoms with Crippen molar-refractivity contribution >= 4 is 0 Å². The molecule has 0 aliphatic carbocycles. The highest BCUT2D eigenvalue weighted by Gasteiger charge is 2.09. The molecule has 0 saturated carbocycles. The zero-order valence-corrected chi connectivity index (χ0v) is 13.0. The number of hydrogen-bond donors (Lipinski definition) is 1. The number of rotatable bonds is 8. The van der Waals surface area contributed by atoms with Crippen molar-refractivity contribution in [1.29, 1.82) is 0 Å². The Morgan fingerprint density at radius 2 is 1.86 bits per heavy atom. The van der Waals surface area contributed by atoms with Gasteiger partial charge in [0.1, 0.15) is 5.75 Å². The maximum Gasteiger partial charge on any atom is 0.119 e. The fourth-order valence-electron chi connectivity index (χ4n) is 2.60. The minimum Gasteiger partial charge on any atom is -0.494 e. The summed E-state index contributed by atoms with van der Waals surface area (Å²) < 4.78 is 5.82. The van der Waals surface area contributed by atoms with E-state index >= 15 is 0 Å². The second kappa shape index (κ2) is 8.48. The van der Waals surface area contributed by atoms with Crippen LogP contribution in [0.1, 0.15) is 17.5 Å². The van der Waals surface area contributed by atoms with Crippen LogP contribution >= 0.6 is 0 Å². The summed E-state index contributed by atoms with van der Waals surface area (Å²) in [4.78, 5) is 0. The molecule has 0 bridgehead atoms. The molecule has 0 radical (unpaired) electrons. The Morgan fingerprint density at radius 3 is 2.57 bits per heavy atom. The van der Waals surface area contributed by atoms with Crippen molar-refractivity contribution in [3.63, 3.8) is 0 Å². The first kappa shape index (κ1) is 15.6. The third kappa shape index (κ3) is 5.60. The first-order valence-electron chi connectivity index (χ1n) is 7.66. The second-order valence-corrected chi connectivity index (χ2v) is 5.57. The van der Waals surface area contributed by atoms with Crippen LogP contribution in [0, 0.1) is 12.8 Å².